The highest BCUT2D eigenvalue weighted by atomic mass is 16.3. The lowest BCUT2D eigenvalue weighted by molar-refractivity contribution is 0.332. The third-order valence-corrected chi connectivity index (χ3v) is 14.2. The van der Waals surface area contributed by atoms with E-state index in [9.17, 15) is 0 Å². The summed E-state index contributed by atoms with van der Waals surface area (Å²) in [6, 6.07) is 60.1. The predicted octanol–water partition coefficient (Wildman–Crippen LogP) is 13.9. The first-order chi connectivity index (χ1) is 30.1. The van der Waals surface area contributed by atoms with Gasteiger partial charge in [0.05, 0.1) is 5.52 Å². The van der Waals surface area contributed by atoms with Crippen molar-refractivity contribution >= 4 is 90.4 Å². The van der Waals surface area contributed by atoms with Gasteiger partial charge in [0.1, 0.15) is 11.2 Å². The fourth-order valence-corrected chi connectivity index (χ4v) is 10.8. The van der Waals surface area contributed by atoms with Gasteiger partial charge in [-0.25, -0.2) is 0 Å². The van der Waals surface area contributed by atoms with Crippen LogP contribution in [-0.2, 0) is 10.8 Å². The highest BCUT2D eigenvalue weighted by molar-refractivity contribution is 6.73. The summed E-state index contributed by atoms with van der Waals surface area (Å²) in [4.78, 5) is 2.40. The molecule has 300 valence electrons. The zero-order valence-corrected chi connectivity index (χ0v) is 36.0. The van der Waals surface area contributed by atoms with Gasteiger partial charge in [-0.05, 0) is 125 Å². The van der Waals surface area contributed by atoms with Crippen LogP contribution in [0.1, 0.15) is 57.2 Å². The number of hydrogen-bond donors (Lipinski definition) is 1. The standard InChI is InChI=1S/C57H48BN3O/c1-35-29-45-46(57(4,5)28-27-56(45,2)3)34-48(35)59-49-32-43-40-22-13-15-26-52(40)62-53(43)33-42(49)44-30-38(60(36-17-8-6-9-18-36)37-19-10-7-11-20-37)31-51-54(44)58-47-24-16-23-41-39-21-12-14-25-50(39)61(51)55(41)47/h6-26,29-34,58-59H,27-28H2,1-5H3. The smallest absolute Gasteiger partial charge is 0.198 e. The van der Waals surface area contributed by atoms with E-state index in [1.54, 1.807) is 0 Å². The minimum atomic E-state index is 0.0759. The first-order valence-electron chi connectivity index (χ1n) is 22.1. The minimum Gasteiger partial charge on any atom is -0.456 e. The molecule has 1 aliphatic heterocycles. The van der Waals surface area contributed by atoms with Crippen molar-refractivity contribution in [2.45, 2.75) is 58.3 Å². The molecular formula is C57H48BN3O. The number of hydrogen-bond acceptors (Lipinski definition) is 3. The molecule has 4 nitrogen and oxygen atoms in total. The maximum atomic E-state index is 6.73. The van der Waals surface area contributed by atoms with Gasteiger partial charge in [0.2, 0.25) is 0 Å². The normalized spacial score (nSPS) is 14.8. The van der Waals surface area contributed by atoms with Crippen LogP contribution >= 0.6 is 0 Å². The Hall–Kier alpha value is -6.98. The summed E-state index contributed by atoms with van der Waals surface area (Å²) in [6.45, 7) is 11.9. The Balaban J connectivity index is 1.17. The number of fused-ring (bicyclic) bond motifs is 9. The molecule has 62 heavy (non-hydrogen) atoms. The SMILES string of the molecule is Cc1cc2c(cc1Nc1cc3c(cc1-c1cc(N(c4ccccc4)c4ccccc4)cc4c1Bc1cccc5c6ccccc6n-4c15)oc1ccccc13)C(C)(C)CCC2(C)C. The van der Waals surface area contributed by atoms with Crippen molar-refractivity contribution in [3.63, 3.8) is 0 Å². The van der Waals surface area contributed by atoms with Crippen LogP contribution < -0.4 is 21.1 Å². The quantitative estimate of drug-likeness (QED) is 0.170. The summed E-state index contributed by atoms with van der Waals surface area (Å²) in [7, 11) is 0.800. The van der Waals surface area contributed by atoms with Crippen LogP contribution in [0.2, 0.25) is 0 Å². The Labute approximate surface area is 363 Å². The number of rotatable bonds is 6. The average molecular weight is 802 g/mol. The molecule has 0 saturated carbocycles. The first-order valence-corrected chi connectivity index (χ1v) is 22.1. The fraction of sp³-hybridized carbons (Fsp3) is 0.158. The minimum absolute atomic E-state index is 0.0759. The van der Waals surface area contributed by atoms with Gasteiger partial charge in [-0.15, -0.1) is 0 Å². The lowest BCUT2D eigenvalue weighted by Crippen LogP contribution is -2.37. The number of nitrogens with one attached hydrogen (secondary N) is 1. The van der Waals surface area contributed by atoms with Gasteiger partial charge in [-0.1, -0.05) is 130 Å². The monoisotopic (exact) mass is 801 g/mol. The third-order valence-electron chi connectivity index (χ3n) is 14.2. The van der Waals surface area contributed by atoms with E-state index in [1.807, 2.05) is 0 Å². The van der Waals surface area contributed by atoms with Crippen molar-refractivity contribution in [3.05, 3.63) is 180 Å². The molecule has 0 amide bonds. The molecule has 0 radical (unpaired) electrons. The van der Waals surface area contributed by atoms with Gasteiger partial charge in [-0.3, -0.25) is 0 Å². The molecule has 3 heterocycles. The largest absolute Gasteiger partial charge is 0.456 e. The van der Waals surface area contributed by atoms with Crippen LogP contribution in [0.3, 0.4) is 0 Å². The molecule has 0 bridgehead atoms. The molecule has 2 aliphatic rings. The number of nitrogens with zero attached hydrogens (tertiary/aromatic N) is 2. The lowest BCUT2D eigenvalue weighted by Gasteiger charge is -2.42. The second kappa shape index (κ2) is 13.5. The molecule has 12 rings (SSSR count). The fourth-order valence-electron chi connectivity index (χ4n) is 10.8. The summed E-state index contributed by atoms with van der Waals surface area (Å²) >= 11 is 0. The van der Waals surface area contributed by atoms with Crippen molar-refractivity contribution in [2.75, 3.05) is 10.2 Å². The lowest BCUT2D eigenvalue weighted by atomic mass is 9.59. The van der Waals surface area contributed by atoms with E-state index in [0.717, 1.165) is 69.6 Å². The number of para-hydroxylation sites is 5. The summed E-state index contributed by atoms with van der Waals surface area (Å²) in [5.41, 5.74) is 20.3. The van der Waals surface area contributed by atoms with E-state index in [2.05, 4.69) is 213 Å². The van der Waals surface area contributed by atoms with E-state index in [4.69, 9.17) is 4.42 Å². The molecule has 8 aromatic carbocycles. The average Bonchev–Trinajstić information content (AvgIpc) is 3.83. The molecular weight excluding hydrogens is 753 g/mol. The topological polar surface area (TPSA) is 33.3 Å². The van der Waals surface area contributed by atoms with E-state index < -0.39 is 0 Å². The van der Waals surface area contributed by atoms with Crippen LogP contribution in [0, 0.1) is 6.92 Å². The zero-order valence-electron chi connectivity index (χ0n) is 36.0. The Bertz CT molecular complexity index is 3390. The van der Waals surface area contributed by atoms with Crippen molar-refractivity contribution in [1.29, 1.82) is 0 Å². The number of anilines is 5. The van der Waals surface area contributed by atoms with Gasteiger partial charge >= 0.3 is 0 Å². The summed E-state index contributed by atoms with van der Waals surface area (Å²) in [6.07, 6.45) is 2.35. The van der Waals surface area contributed by atoms with Gasteiger partial charge < -0.3 is 19.2 Å². The van der Waals surface area contributed by atoms with Gasteiger partial charge in [0, 0.05) is 66.7 Å². The number of furan rings is 1. The van der Waals surface area contributed by atoms with Gasteiger partial charge in [0.25, 0.3) is 0 Å². The molecule has 0 fully saturated rings. The second-order valence-corrected chi connectivity index (χ2v) is 18.9. The van der Waals surface area contributed by atoms with E-state index in [1.165, 1.54) is 67.1 Å². The highest BCUT2D eigenvalue weighted by Crippen LogP contribution is 2.49. The molecule has 0 saturated heterocycles. The van der Waals surface area contributed by atoms with Gasteiger partial charge in [0.15, 0.2) is 7.28 Å². The van der Waals surface area contributed by atoms with E-state index in [0.29, 0.717) is 0 Å². The number of benzene rings is 8. The summed E-state index contributed by atoms with van der Waals surface area (Å²) in [5, 5.41) is 8.90. The van der Waals surface area contributed by atoms with Crippen molar-refractivity contribution < 1.29 is 4.42 Å². The molecule has 5 heteroatoms. The molecule has 0 spiro atoms. The summed E-state index contributed by atoms with van der Waals surface area (Å²) < 4.78 is 9.27. The van der Waals surface area contributed by atoms with Crippen molar-refractivity contribution in [2.24, 2.45) is 0 Å². The second-order valence-electron chi connectivity index (χ2n) is 18.9. The Morgan fingerprint density at radius 2 is 1.19 bits per heavy atom. The molecule has 10 aromatic rings. The predicted molar refractivity (Wildman–Crippen MR) is 264 cm³/mol. The number of aryl methyl sites for hydroxylation is 1. The molecule has 0 atom stereocenters. The maximum Gasteiger partial charge on any atom is 0.198 e. The van der Waals surface area contributed by atoms with Crippen LogP contribution in [0.25, 0.3) is 60.6 Å². The Morgan fingerprint density at radius 3 is 1.94 bits per heavy atom. The van der Waals surface area contributed by atoms with Crippen LogP contribution in [-0.4, -0.2) is 11.8 Å². The van der Waals surface area contributed by atoms with Gasteiger partial charge in [-0.2, -0.15) is 0 Å². The van der Waals surface area contributed by atoms with E-state index >= 15 is 0 Å². The Kier molecular flexibility index (Phi) is 8.03. The van der Waals surface area contributed by atoms with Crippen LogP contribution in [0.15, 0.2) is 168 Å². The van der Waals surface area contributed by atoms with E-state index in [-0.39, 0.29) is 10.8 Å². The molecule has 0 unspecified atom stereocenters. The van der Waals surface area contributed by atoms with Crippen molar-refractivity contribution in [1.82, 2.24) is 4.57 Å². The summed E-state index contributed by atoms with van der Waals surface area (Å²) in [5.74, 6) is 0. The maximum absolute atomic E-state index is 6.73. The van der Waals surface area contributed by atoms with Crippen molar-refractivity contribution in [3.8, 4) is 16.8 Å². The molecule has 1 N–H and O–H groups in total. The third kappa shape index (κ3) is 5.60. The molecule has 2 aromatic heterocycles. The first kappa shape index (κ1) is 36.8. The highest BCUT2D eigenvalue weighted by Gasteiger charge is 2.38. The van der Waals surface area contributed by atoms with Crippen LogP contribution in [0.5, 0.6) is 0 Å². The molecule has 1 aliphatic carbocycles. The number of aromatic nitrogens is 1. The zero-order chi connectivity index (χ0) is 41.9. The Morgan fingerprint density at radius 1 is 0.548 bits per heavy atom. The van der Waals surface area contributed by atoms with Crippen LogP contribution in [0.4, 0.5) is 28.4 Å².